The highest BCUT2D eigenvalue weighted by Crippen LogP contribution is 2.45. The zero-order valence-electron chi connectivity index (χ0n) is 9.16. The molecule has 1 unspecified atom stereocenters. The molecule has 0 aromatic carbocycles. The summed E-state index contributed by atoms with van der Waals surface area (Å²) in [6, 6.07) is 0. The zero-order valence-corrected chi connectivity index (χ0v) is 10.0. The quantitative estimate of drug-likeness (QED) is 0.374. The second-order valence-electron chi connectivity index (χ2n) is 3.42. The molecule has 0 fully saturated rings. The Hall–Kier alpha value is -0.290. The molecule has 0 heterocycles. The highest BCUT2D eigenvalue weighted by Gasteiger charge is 2.17. The Bertz CT molecular complexity index is 230. The lowest BCUT2D eigenvalue weighted by atomic mass is 10.2. The minimum Gasteiger partial charge on any atom is -0.309 e. The monoisotopic (exact) mass is 218 g/mol. The number of hydrogen-bond acceptors (Lipinski definition) is 3. The Balaban J connectivity index is 3.57. The Kier molecular flexibility index (Phi) is 6.92. The van der Waals surface area contributed by atoms with Gasteiger partial charge in [-0.15, -0.1) is 12.3 Å². The van der Waals surface area contributed by atoms with E-state index in [0.29, 0.717) is 6.61 Å². The lowest BCUT2D eigenvalue weighted by molar-refractivity contribution is 0.171. The molecule has 0 aromatic rings. The summed E-state index contributed by atoms with van der Waals surface area (Å²) < 4.78 is 21.9. The van der Waals surface area contributed by atoms with Crippen LogP contribution in [0.25, 0.3) is 0 Å². The first kappa shape index (κ1) is 13.7. The third kappa shape index (κ3) is 8.31. The standard InChI is InChI=1S/C10H19O3P/c1-5-6-7-8-9-12-14(4,11)13-10(2)3/h1,10H,6-9H2,2-4H3. The van der Waals surface area contributed by atoms with Gasteiger partial charge >= 0.3 is 7.60 Å². The van der Waals surface area contributed by atoms with Gasteiger partial charge < -0.3 is 9.05 Å². The molecule has 1 atom stereocenters. The SMILES string of the molecule is C#CCCCCOP(C)(=O)OC(C)C. The van der Waals surface area contributed by atoms with Crippen molar-refractivity contribution in [1.29, 1.82) is 0 Å². The second kappa shape index (κ2) is 7.06. The van der Waals surface area contributed by atoms with Crippen molar-refractivity contribution < 1.29 is 13.6 Å². The van der Waals surface area contributed by atoms with Gasteiger partial charge in [0, 0.05) is 13.1 Å². The molecule has 0 N–H and O–H groups in total. The molecule has 82 valence electrons. The Labute approximate surface area is 86.7 Å². The van der Waals surface area contributed by atoms with Gasteiger partial charge in [0.25, 0.3) is 0 Å². The summed E-state index contributed by atoms with van der Waals surface area (Å²) in [6.07, 6.45) is 7.48. The molecular weight excluding hydrogens is 199 g/mol. The van der Waals surface area contributed by atoms with Crippen molar-refractivity contribution >= 4 is 7.60 Å². The van der Waals surface area contributed by atoms with Gasteiger partial charge in [-0.1, -0.05) is 0 Å². The van der Waals surface area contributed by atoms with Crippen LogP contribution in [0.3, 0.4) is 0 Å². The largest absolute Gasteiger partial charge is 0.327 e. The van der Waals surface area contributed by atoms with Gasteiger partial charge in [-0.05, 0) is 26.7 Å². The highest BCUT2D eigenvalue weighted by molar-refractivity contribution is 7.52. The van der Waals surface area contributed by atoms with E-state index in [2.05, 4.69) is 5.92 Å². The molecule has 14 heavy (non-hydrogen) atoms. The molecule has 4 heteroatoms. The van der Waals surface area contributed by atoms with Gasteiger partial charge in [0.2, 0.25) is 0 Å². The fourth-order valence-corrected chi connectivity index (χ4v) is 2.26. The summed E-state index contributed by atoms with van der Waals surface area (Å²) in [6.45, 7) is 5.60. The number of hydrogen-bond donors (Lipinski definition) is 0. The van der Waals surface area contributed by atoms with Crippen LogP contribution in [0.1, 0.15) is 33.1 Å². The molecule has 3 nitrogen and oxygen atoms in total. The molecule has 0 rings (SSSR count). The van der Waals surface area contributed by atoms with Gasteiger partial charge in [-0.3, -0.25) is 4.57 Å². The van der Waals surface area contributed by atoms with Crippen molar-refractivity contribution in [2.45, 2.75) is 39.2 Å². The average Bonchev–Trinajstić information content (AvgIpc) is 2.01. The van der Waals surface area contributed by atoms with E-state index in [1.165, 1.54) is 6.66 Å². The van der Waals surface area contributed by atoms with Crippen molar-refractivity contribution in [3.63, 3.8) is 0 Å². The molecule has 0 amide bonds. The maximum atomic E-state index is 11.6. The maximum Gasteiger partial charge on any atom is 0.327 e. The van der Waals surface area contributed by atoms with Crippen LogP contribution in [-0.2, 0) is 13.6 Å². The summed E-state index contributed by atoms with van der Waals surface area (Å²) in [5.74, 6) is 2.54. The lowest BCUT2D eigenvalue weighted by Gasteiger charge is -2.16. The first-order valence-corrected chi connectivity index (χ1v) is 6.81. The molecule has 0 aliphatic rings. The van der Waals surface area contributed by atoms with E-state index in [1.807, 2.05) is 13.8 Å². The van der Waals surface area contributed by atoms with Crippen molar-refractivity contribution in [2.24, 2.45) is 0 Å². The molecule has 0 radical (unpaired) electrons. The summed E-state index contributed by atoms with van der Waals surface area (Å²) in [5, 5.41) is 0. The van der Waals surface area contributed by atoms with Gasteiger partial charge in [-0.25, -0.2) is 0 Å². The van der Waals surface area contributed by atoms with Crippen molar-refractivity contribution in [2.75, 3.05) is 13.3 Å². The molecule has 0 saturated heterocycles. The van der Waals surface area contributed by atoms with Gasteiger partial charge in [0.1, 0.15) is 0 Å². The topological polar surface area (TPSA) is 35.5 Å². The van der Waals surface area contributed by atoms with E-state index in [1.54, 1.807) is 0 Å². The molecule has 0 aliphatic carbocycles. The van der Waals surface area contributed by atoms with Crippen LogP contribution in [0.4, 0.5) is 0 Å². The first-order valence-electron chi connectivity index (χ1n) is 4.82. The van der Waals surface area contributed by atoms with Crippen LogP contribution in [0.2, 0.25) is 0 Å². The third-order valence-corrected chi connectivity index (χ3v) is 2.90. The minimum atomic E-state index is -2.85. The summed E-state index contributed by atoms with van der Waals surface area (Å²) in [7, 11) is -2.85. The van der Waals surface area contributed by atoms with E-state index >= 15 is 0 Å². The molecule has 0 aliphatic heterocycles. The van der Waals surface area contributed by atoms with Crippen molar-refractivity contribution in [1.82, 2.24) is 0 Å². The maximum absolute atomic E-state index is 11.6. The van der Waals surface area contributed by atoms with Crippen molar-refractivity contribution in [3.05, 3.63) is 0 Å². The smallest absolute Gasteiger partial charge is 0.309 e. The van der Waals surface area contributed by atoms with Crippen molar-refractivity contribution in [3.8, 4) is 12.3 Å². The van der Waals surface area contributed by atoms with Gasteiger partial charge in [0.05, 0.1) is 12.7 Å². The molecular formula is C10H19O3P. The number of unbranched alkanes of at least 4 members (excludes halogenated alkanes) is 2. The Morgan fingerprint density at radius 3 is 2.57 bits per heavy atom. The fraction of sp³-hybridized carbons (Fsp3) is 0.800. The molecule has 0 spiro atoms. The molecule has 0 aromatic heterocycles. The summed E-state index contributed by atoms with van der Waals surface area (Å²) in [4.78, 5) is 0. The van der Waals surface area contributed by atoms with Gasteiger partial charge in [-0.2, -0.15) is 0 Å². The third-order valence-electron chi connectivity index (χ3n) is 1.44. The molecule has 0 bridgehead atoms. The highest BCUT2D eigenvalue weighted by atomic mass is 31.2. The minimum absolute atomic E-state index is 0.0726. The van der Waals surface area contributed by atoms with Crippen LogP contribution in [0.5, 0.6) is 0 Å². The number of rotatable bonds is 7. The van der Waals surface area contributed by atoms with Crippen LogP contribution in [-0.4, -0.2) is 19.4 Å². The van der Waals surface area contributed by atoms with E-state index in [4.69, 9.17) is 15.5 Å². The van der Waals surface area contributed by atoms with Crippen LogP contribution in [0.15, 0.2) is 0 Å². The number of terminal acetylenes is 1. The fourth-order valence-electron chi connectivity index (χ4n) is 0.973. The molecule has 0 saturated carbocycles. The van der Waals surface area contributed by atoms with Crippen LogP contribution >= 0.6 is 7.60 Å². The zero-order chi connectivity index (χ0) is 11.0. The predicted molar refractivity (Wildman–Crippen MR) is 58.4 cm³/mol. The van der Waals surface area contributed by atoms with E-state index in [-0.39, 0.29) is 6.10 Å². The van der Waals surface area contributed by atoms with Crippen LogP contribution in [0, 0.1) is 12.3 Å². The summed E-state index contributed by atoms with van der Waals surface area (Å²) in [5.41, 5.74) is 0. The van der Waals surface area contributed by atoms with Gasteiger partial charge in [0.15, 0.2) is 0 Å². The Morgan fingerprint density at radius 2 is 2.07 bits per heavy atom. The van der Waals surface area contributed by atoms with E-state index in [9.17, 15) is 4.57 Å². The van der Waals surface area contributed by atoms with Crippen LogP contribution < -0.4 is 0 Å². The average molecular weight is 218 g/mol. The summed E-state index contributed by atoms with van der Waals surface area (Å²) >= 11 is 0. The predicted octanol–water partition coefficient (Wildman–Crippen LogP) is 3.05. The normalized spacial score (nSPS) is 15.1. The Morgan fingerprint density at radius 1 is 1.43 bits per heavy atom. The second-order valence-corrected chi connectivity index (χ2v) is 5.43. The first-order chi connectivity index (χ1) is 6.48. The lowest BCUT2D eigenvalue weighted by Crippen LogP contribution is -2.03. The van der Waals surface area contributed by atoms with E-state index in [0.717, 1.165) is 19.3 Å². The van der Waals surface area contributed by atoms with E-state index < -0.39 is 7.60 Å².